The Morgan fingerprint density at radius 1 is 1.28 bits per heavy atom. The Morgan fingerprint density at radius 2 is 1.89 bits per heavy atom. The van der Waals surface area contributed by atoms with E-state index in [1.165, 1.54) is 12.0 Å². The second kappa shape index (κ2) is 6.19. The Kier molecular flexibility index (Phi) is 4.89. The first-order chi connectivity index (χ1) is 8.47. The minimum Gasteiger partial charge on any atom is -0.468 e. The Morgan fingerprint density at radius 3 is 2.39 bits per heavy atom. The Hall–Kier alpha value is -1.84. The van der Waals surface area contributed by atoms with Gasteiger partial charge in [0.05, 0.1) is 7.11 Å². The summed E-state index contributed by atoms with van der Waals surface area (Å²) in [6.07, 6.45) is 0. The first-order valence-corrected chi connectivity index (χ1v) is 5.90. The van der Waals surface area contributed by atoms with Gasteiger partial charge in [-0.05, 0) is 32.4 Å². The summed E-state index contributed by atoms with van der Waals surface area (Å²) in [6, 6.07) is 7.29. The first kappa shape index (κ1) is 14.2. The average Bonchev–Trinajstić information content (AvgIpc) is 2.35. The molecule has 18 heavy (non-hydrogen) atoms. The molecule has 0 aliphatic heterocycles. The lowest BCUT2D eigenvalue weighted by molar-refractivity contribution is -0.141. The van der Waals surface area contributed by atoms with Crippen LogP contribution in [0, 0.1) is 6.92 Å². The number of carbonyl (C=O) groups is 2. The van der Waals surface area contributed by atoms with Gasteiger partial charge in [-0.15, -0.1) is 0 Å². The maximum absolute atomic E-state index is 12.4. The van der Waals surface area contributed by atoms with Crippen molar-refractivity contribution in [2.75, 3.05) is 13.7 Å². The molecule has 1 aromatic carbocycles. The van der Waals surface area contributed by atoms with E-state index in [2.05, 4.69) is 4.74 Å². The van der Waals surface area contributed by atoms with E-state index in [4.69, 9.17) is 0 Å². The number of rotatable bonds is 4. The molecule has 0 radical (unpaired) electrons. The molecule has 98 valence electrons. The largest absolute Gasteiger partial charge is 0.468 e. The molecular formula is C14H19NO3. The van der Waals surface area contributed by atoms with E-state index in [0.717, 1.165) is 5.56 Å². The van der Waals surface area contributed by atoms with Crippen molar-refractivity contribution in [2.24, 2.45) is 0 Å². The highest BCUT2D eigenvalue weighted by molar-refractivity contribution is 5.97. The van der Waals surface area contributed by atoms with Crippen LogP contribution in [0.3, 0.4) is 0 Å². The normalized spacial score (nSPS) is 10.3. The average molecular weight is 249 g/mol. The predicted octanol–water partition coefficient (Wildman–Crippen LogP) is 2.02. The van der Waals surface area contributed by atoms with Crippen LogP contribution in [0.5, 0.6) is 0 Å². The number of hydrogen-bond acceptors (Lipinski definition) is 3. The quantitative estimate of drug-likeness (QED) is 0.767. The van der Waals surface area contributed by atoms with E-state index in [-0.39, 0.29) is 18.5 Å². The van der Waals surface area contributed by atoms with Gasteiger partial charge in [-0.3, -0.25) is 9.59 Å². The van der Waals surface area contributed by atoms with Gasteiger partial charge in [0, 0.05) is 11.6 Å². The van der Waals surface area contributed by atoms with E-state index in [1.807, 2.05) is 39.0 Å². The highest BCUT2D eigenvalue weighted by Gasteiger charge is 2.22. The Balaban J connectivity index is 2.97. The van der Waals surface area contributed by atoms with E-state index in [0.29, 0.717) is 5.56 Å². The predicted molar refractivity (Wildman–Crippen MR) is 69.4 cm³/mol. The number of carbonyl (C=O) groups excluding carboxylic acids is 2. The first-order valence-electron chi connectivity index (χ1n) is 5.90. The minimum atomic E-state index is -0.411. The fraction of sp³-hybridized carbons (Fsp3) is 0.429. The van der Waals surface area contributed by atoms with Gasteiger partial charge < -0.3 is 9.64 Å². The molecule has 0 aliphatic rings. The Bertz CT molecular complexity index is 440. The number of esters is 1. The molecule has 4 heteroatoms. The topological polar surface area (TPSA) is 46.6 Å². The fourth-order valence-corrected chi connectivity index (χ4v) is 1.66. The van der Waals surface area contributed by atoms with E-state index < -0.39 is 5.97 Å². The summed E-state index contributed by atoms with van der Waals surface area (Å²) in [6.45, 7) is 5.60. The summed E-state index contributed by atoms with van der Waals surface area (Å²) in [7, 11) is 1.32. The van der Waals surface area contributed by atoms with Gasteiger partial charge in [0.25, 0.3) is 5.91 Å². The number of amides is 1. The third-order valence-corrected chi connectivity index (χ3v) is 2.79. The maximum atomic E-state index is 12.4. The molecule has 0 bridgehead atoms. The molecular weight excluding hydrogens is 230 g/mol. The monoisotopic (exact) mass is 249 g/mol. The molecule has 0 aliphatic carbocycles. The minimum absolute atomic E-state index is 0.0265. The standard InChI is InChI=1S/C14H19NO3/c1-10(2)15(9-13(16)18-4)14(17)12-8-6-5-7-11(12)3/h5-8,10H,9H2,1-4H3. The molecule has 0 fully saturated rings. The lowest BCUT2D eigenvalue weighted by atomic mass is 10.1. The summed E-state index contributed by atoms with van der Waals surface area (Å²) < 4.78 is 4.61. The van der Waals surface area contributed by atoms with Crippen molar-refractivity contribution < 1.29 is 14.3 Å². The highest BCUT2D eigenvalue weighted by Crippen LogP contribution is 2.12. The number of nitrogens with zero attached hydrogens (tertiary/aromatic N) is 1. The van der Waals surface area contributed by atoms with Crippen molar-refractivity contribution in [1.82, 2.24) is 4.90 Å². The van der Waals surface area contributed by atoms with E-state index >= 15 is 0 Å². The molecule has 0 saturated heterocycles. The lowest BCUT2D eigenvalue weighted by Gasteiger charge is -2.26. The van der Waals surface area contributed by atoms with Crippen LogP contribution < -0.4 is 0 Å². The number of methoxy groups -OCH3 is 1. The number of benzene rings is 1. The lowest BCUT2D eigenvalue weighted by Crippen LogP contribution is -2.41. The van der Waals surface area contributed by atoms with Crippen molar-refractivity contribution in [1.29, 1.82) is 0 Å². The van der Waals surface area contributed by atoms with Crippen LogP contribution in [0.2, 0.25) is 0 Å². The van der Waals surface area contributed by atoms with Crippen molar-refractivity contribution in [3.05, 3.63) is 35.4 Å². The fourth-order valence-electron chi connectivity index (χ4n) is 1.66. The molecule has 0 spiro atoms. The molecule has 0 saturated carbocycles. The zero-order valence-electron chi connectivity index (χ0n) is 11.3. The van der Waals surface area contributed by atoms with Crippen LogP contribution in [0.25, 0.3) is 0 Å². The van der Waals surface area contributed by atoms with E-state index in [1.54, 1.807) is 6.07 Å². The second-order valence-corrected chi connectivity index (χ2v) is 4.42. The van der Waals surface area contributed by atoms with Crippen molar-refractivity contribution >= 4 is 11.9 Å². The third kappa shape index (κ3) is 3.32. The van der Waals surface area contributed by atoms with Crippen molar-refractivity contribution in [3.63, 3.8) is 0 Å². The molecule has 0 atom stereocenters. The van der Waals surface area contributed by atoms with Crippen LogP contribution in [0.1, 0.15) is 29.8 Å². The zero-order valence-corrected chi connectivity index (χ0v) is 11.3. The summed E-state index contributed by atoms with van der Waals surface area (Å²) in [5.41, 5.74) is 1.52. The number of aryl methyl sites for hydroxylation is 1. The van der Waals surface area contributed by atoms with Gasteiger partial charge in [0.2, 0.25) is 0 Å². The van der Waals surface area contributed by atoms with Crippen LogP contribution in [-0.2, 0) is 9.53 Å². The number of hydrogen-bond donors (Lipinski definition) is 0. The molecule has 0 N–H and O–H groups in total. The van der Waals surface area contributed by atoms with Crippen LogP contribution in [0.4, 0.5) is 0 Å². The summed E-state index contributed by atoms with van der Waals surface area (Å²) >= 11 is 0. The second-order valence-electron chi connectivity index (χ2n) is 4.42. The molecule has 0 aromatic heterocycles. The van der Waals surface area contributed by atoms with Crippen LogP contribution >= 0.6 is 0 Å². The number of ether oxygens (including phenoxy) is 1. The summed E-state index contributed by atoms with van der Waals surface area (Å²) in [4.78, 5) is 25.2. The van der Waals surface area contributed by atoms with Gasteiger partial charge in [0.1, 0.15) is 6.54 Å². The smallest absolute Gasteiger partial charge is 0.325 e. The van der Waals surface area contributed by atoms with E-state index in [9.17, 15) is 9.59 Å². The Labute approximate surface area is 108 Å². The molecule has 0 heterocycles. The maximum Gasteiger partial charge on any atom is 0.325 e. The third-order valence-electron chi connectivity index (χ3n) is 2.79. The molecule has 0 unspecified atom stereocenters. The molecule has 4 nitrogen and oxygen atoms in total. The van der Waals surface area contributed by atoms with Gasteiger partial charge in [-0.2, -0.15) is 0 Å². The van der Waals surface area contributed by atoms with Crippen molar-refractivity contribution in [3.8, 4) is 0 Å². The van der Waals surface area contributed by atoms with Gasteiger partial charge in [-0.25, -0.2) is 0 Å². The van der Waals surface area contributed by atoms with Crippen LogP contribution in [-0.4, -0.2) is 36.5 Å². The van der Waals surface area contributed by atoms with Crippen molar-refractivity contribution in [2.45, 2.75) is 26.8 Å². The molecule has 1 aromatic rings. The van der Waals surface area contributed by atoms with Crippen LogP contribution in [0.15, 0.2) is 24.3 Å². The zero-order chi connectivity index (χ0) is 13.7. The SMILES string of the molecule is COC(=O)CN(C(=O)c1ccccc1C)C(C)C. The molecule has 1 amide bonds. The summed E-state index contributed by atoms with van der Waals surface area (Å²) in [5.74, 6) is -0.556. The van der Waals surface area contributed by atoms with Gasteiger partial charge in [-0.1, -0.05) is 18.2 Å². The molecule has 1 rings (SSSR count). The highest BCUT2D eigenvalue weighted by atomic mass is 16.5. The van der Waals surface area contributed by atoms with Gasteiger partial charge >= 0.3 is 5.97 Å². The summed E-state index contributed by atoms with van der Waals surface area (Å²) in [5, 5.41) is 0. The van der Waals surface area contributed by atoms with Gasteiger partial charge in [0.15, 0.2) is 0 Å².